The fourth-order valence-electron chi connectivity index (χ4n) is 2.84. The zero-order valence-corrected chi connectivity index (χ0v) is 15.5. The van der Waals surface area contributed by atoms with Gasteiger partial charge in [0, 0.05) is 19.6 Å². The van der Waals surface area contributed by atoms with E-state index in [0.29, 0.717) is 32.1 Å². The van der Waals surface area contributed by atoms with Crippen LogP contribution >= 0.6 is 0 Å². The molecule has 3 aromatic rings. The Kier molecular flexibility index (Phi) is 6.49. The third-order valence-corrected chi connectivity index (χ3v) is 4.10. The monoisotopic (exact) mass is 385 g/mol. The number of carbonyl (C=O) groups is 1. The van der Waals surface area contributed by atoms with E-state index in [0.717, 1.165) is 11.1 Å². The molecule has 0 aliphatic rings. The summed E-state index contributed by atoms with van der Waals surface area (Å²) in [6, 6.07) is 12.5. The zero-order chi connectivity index (χ0) is 19.9. The van der Waals surface area contributed by atoms with Crippen LogP contribution in [0.3, 0.4) is 0 Å². The van der Waals surface area contributed by atoms with E-state index in [9.17, 15) is 13.6 Å². The van der Waals surface area contributed by atoms with Gasteiger partial charge < -0.3 is 9.73 Å². The molecule has 0 spiro atoms. The molecule has 0 bridgehead atoms. The maximum absolute atomic E-state index is 13.5. The van der Waals surface area contributed by atoms with Crippen LogP contribution in [0.4, 0.5) is 8.78 Å². The Morgan fingerprint density at radius 3 is 2.50 bits per heavy atom. The number of benzene rings is 2. The lowest BCUT2D eigenvalue weighted by Crippen LogP contribution is -2.24. The zero-order valence-electron chi connectivity index (χ0n) is 15.5. The van der Waals surface area contributed by atoms with Crippen molar-refractivity contribution in [3.05, 3.63) is 89.1 Å². The highest BCUT2D eigenvalue weighted by molar-refractivity contribution is 5.91. The number of halogens is 2. The standard InChI is InChI=1S/C21H21F2N3O2/c1-2-24-21(27)19-14-28-20(25-19)13-26(11-15-6-8-17(22)9-7-15)12-16-4-3-5-18(23)10-16/h3-10,14H,2,11-13H2,1H3,(H,24,27). The van der Waals surface area contributed by atoms with E-state index in [1.165, 1.54) is 30.5 Å². The Hall–Kier alpha value is -3.06. The number of aromatic nitrogens is 1. The number of hydrogen-bond donors (Lipinski definition) is 1. The van der Waals surface area contributed by atoms with Crippen LogP contribution in [0, 0.1) is 11.6 Å². The van der Waals surface area contributed by atoms with Gasteiger partial charge >= 0.3 is 0 Å². The fourth-order valence-corrected chi connectivity index (χ4v) is 2.84. The molecule has 7 heteroatoms. The van der Waals surface area contributed by atoms with Gasteiger partial charge in [-0.05, 0) is 42.3 Å². The molecule has 0 saturated heterocycles. The summed E-state index contributed by atoms with van der Waals surface area (Å²) in [6.45, 7) is 3.55. The van der Waals surface area contributed by atoms with Crippen molar-refractivity contribution in [2.75, 3.05) is 6.54 Å². The third-order valence-electron chi connectivity index (χ3n) is 4.10. The average Bonchev–Trinajstić information content (AvgIpc) is 3.12. The van der Waals surface area contributed by atoms with E-state index in [2.05, 4.69) is 10.3 Å². The molecule has 0 aliphatic carbocycles. The summed E-state index contributed by atoms with van der Waals surface area (Å²) in [6.07, 6.45) is 1.32. The van der Waals surface area contributed by atoms with Crippen molar-refractivity contribution in [3.63, 3.8) is 0 Å². The number of carbonyl (C=O) groups excluding carboxylic acids is 1. The number of nitrogens with one attached hydrogen (secondary N) is 1. The summed E-state index contributed by atoms with van der Waals surface area (Å²) in [5.74, 6) is -0.541. The lowest BCUT2D eigenvalue weighted by molar-refractivity contribution is 0.0950. The maximum atomic E-state index is 13.5. The average molecular weight is 385 g/mol. The van der Waals surface area contributed by atoms with Gasteiger partial charge in [-0.15, -0.1) is 0 Å². The highest BCUT2D eigenvalue weighted by Gasteiger charge is 2.15. The van der Waals surface area contributed by atoms with Crippen molar-refractivity contribution in [2.24, 2.45) is 0 Å². The van der Waals surface area contributed by atoms with Gasteiger partial charge in [0.2, 0.25) is 5.89 Å². The summed E-state index contributed by atoms with van der Waals surface area (Å²) >= 11 is 0. The molecule has 1 N–H and O–H groups in total. The van der Waals surface area contributed by atoms with E-state index in [-0.39, 0.29) is 23.2 Å². The van der Waals surface area contributed by atoms with Gasteiger partial charge in [0.05, 0.1) is 6.54 Å². The predicted octanol–water partition coefficient (Wildman–Crippen LogP) is 3.90. The number of oxazole rings is 1. The van der Waals surface area contributed by atoms with Crippen molar-refractivity contribution in [1.29, 1.82) is 0 Å². The minimum Gasteiger partial charge on any atom is -0.447 e. The molecule has 5 nitrogen and oxygen atoms in total. The van der Waals surface area contributed by atoms with Gasteiger partial charge in [-0.2, -0.15) is 0 Å². The lowest BCUT2D eigenvalue weighted by Gasteiger charge is -2.21. The van der Waals surface area contributed by atoms with Crippen LogP contribution in [0.1, 0.15) is 34.4 Å². The van der Waals surface area contributed by atoms with Crippen molar-refractivity contribution < 1.29 is 18.0 Å². The molecule has 0 fully saturated rings. The Labute approximate surface area is 162 Å². The molecule has 2 aromatic carbocycles. The van der Waals surface area contributed by atoms with Crippen molar-refractivity contribution in [1.82, 2.24) is 15.2 Å². The second-order valence-corrected chi connectivity index (χ2v) is 6.39. The van der Waals surface area contributed by atoms with Gasteiger partial charge in [0.1, 0.15) is 17.9 Å². The van der Waals surface area contributed by atoms with E-state index < -0.39 is 0 Å². The molecule has 146 valence electrons. The van der Waals surface area contributed by atoms with Crippen LogP contribution in [0.25, 0.3) is 0 Å². The minimum absolute atomic E-state index is 0.212. The molecule has 1 heterocycles. The van der Waals surface area contributed by atoms with Gasteiger partial charge in [0.15, 0.2) is 5.69 Å². The second kappa shape index (κ2) is 9.23. The quantitative estimate of drug-likeness (QED) is 0.639. The fraction of sp³-hybridized carbons (Fsp3) is 0.238. The van der Waals surface area contributed by atoms with Crippen molar-refractivity contribution >= 4 is 5.91 Å². The molecule has 0 radical (unpaired) electrons. The normalized spacial score (nSPS) is 11.0. The largest absolute Gasteiger partial charge is 0.447 e. The van der Waals surface area contributed by atoms with Gasteiger partial charge in [-0.1, -0.05) is 24.3 Å². The first-order chi connectivity index (χ1) is 13.5. The third kappa shape index (κ3) is 5.47. The smallest absolute Gasteiger partial charge is 0.273 e. The molecule has 0 saturated carbocycles. The summed E-state index contributed by atoms with van der Waals surface area (Å²) < 4.78 is 32.2. The minimum atomic E-state index is -0.311. The summed E-state index contributed by atoms with van der Waals surface area (Å²) in [5.41, 5.74) is 1.90. The second-order valence-electron chi connectivity index (χ2n) is 6.39. The number of rotatable bonds is 8. The SMILES string of the molecule is CCNC(=O)c1coc(CN(Cc2ccc(F)cc2)Cc2cccc(F)c2)n1. The molecule has 0 unspecified atom stereocenters. The topological polar surface area (TPSA) is 58.4 Å². The first-order valence-electron chi connectivity index (χ1n) is 8.97. The van der Waals surface area contributed by atoms with Crippen molar-refractivity contribution in [2.45, 2.75) is 26.6 Å². The van der Waals surface area contributed by atoms with Gasteiger partial charge in [0.25, 0.3) is 5.91 Å². The molecular weight excluding hydrogens is 364 g/mol. The number of amides is 1. The lowest BCUT2D eigenvalue weighted by atomic mass is 10.1. The van der Waals surface area contributed by atoms with Crippen LogP contribution in [-0.4, -0.2) is 22.3 Å². The molecule has 0 atom stereocenters. The highest BCUT2D eigenvalue weighted by atomic mass is 19.1. The van der Waals surface area contributed by atoms with Crippen LogP contribution < -0.4 is 5.32 Å². The molecule has 28 heavy (non-hydrogen) atoms. The summed E-state index contributed by atoms with van der Waals surface area (Å²) in [4.78, 5) is 18.1. The highest BCUT2D eigenvalue weighted by Crippen LogP contribution is 2.15. The Bertz CT molecular complexity index is 925. The van der Waals surface area contributed by atoms with E-state index >= 15 is 0 Å². The molecule has 0 aliphatic heterocycles. The maximum Gasteiger partial charge on any atom is 0.273 e. The molecular formula is C21H21F2N3O2. The van der Waals surface area contributed by atoms with Crippen LogP contribution in [0.15, 0.2) is 59.2 Å². The molecule has 3 rings (SSSR count). The van der Waals surface area contributed by atoms with Crippen LogP contribution in [0.2, 0.25) is 0 Å². The van der Waals surface area contributed by atoms with E-state index in [4.69, 9.17) is 4.42 Å². The first kappa shape index (κ1) is 19.7. The Morgan fingerprint density at radius 2 is 1.79 bits per heavy atom. The van der Waals surface area contributed by atoms with Gasteiger partial charge in [-0.25, -0.2) is 13.8 Å². The van der Waals surface area contributed by atoms with Crippen molar-refractivity contribution in [3.8, 4) is 0 Å². The van der Waals surface area contributed by atoms with Crippen LogP contribution in [-0.2, 0) is 19.6 Å². The predicted molar refractivity (Wildman–Crippen MR) is 100 cm³/mol. The Balaban J connectivity index is 1.77. The molecule has 1 aromatic heterocycles. The summed E-state index contributed by atoms with van der Waals surface area (Å²) in [7, 11) is 0. The van der Waals surface area contributed by atoms with E-state index in [1.807, 2.05) is 17.9 Å². The number of hydrogen-bond acceptors (Lipinski definition) is 4. The first-order valence-corrected chi connectivity index (χ1v) is 8.97. The molecule has 1 amide bonds. The van der Waals surface area contributed by atoms with E-state index in [1.54, 1.807) is 18.2 Å². The van der Waals surface area contributed by atoms with Crippen LogP contribution in [0.5, 0.6) is 0 Å². The Morgan fingerprint density at radius 1 is 1.04 bits per heavy atom. The van der Waals surface area contributed by atoms with Gasteiger partial charge in [-0.3, -0.25) is 9.69 Å². The number of nitrogens with zero attached hydrogens (tertiary/aromatic N) is 2. The summed E-state index contributed by atoms with van der Waals surface area (Å²) in [5, 5.41) is 2.67.